The van der Waals surface area contributed by atoms with Gasteiger partial charge in [-0.05, 0) is 55.2 Å². The molecule has 0 bridgehead atoms. The number of amides is 2. The summed E-state index contributed by atoms with van der Waals surface area (Å²) in [5.41, 5.74) is 19.5. The quantitative estimate of drug-likeness (QED) is 0.476. The number of benzene rings is 2. The minimum Gasteiger partial charge on any atom is -0.399 e. The molecular formula is C19H24N4O2. The molecule has 25 heavy (non-hydrogen) atoms. The smallest absolute Gasteiger partial charge is 0.248 e. The van der Waals surface area contributed by atoms with Crippen LogP contribution in [-0.2, 0) is 11.2 Å². The first kappa shape index (κ1) is 18.3. The third-order valence-electron chi connectivity index (χ3n) is 3.97. The Kier molecular flexibility index (Phi) is 6.39. The number of rotatable bonds is 9. The molecule has 0 aliphatic carbocycles. The van der Waals surface area contributed by atoms with Crippen molar-refractivity contribution < 1.29 is 9.59 Å². The van der Waals surface area contributed by atoms with Crippen molar-refractivity contribution in [1.82, 2.24) is 0 Å². The fourth-order valence-corrected chi connectivity index (χ4v) is 2.66. The molecule has 0 atom stereocenters. The number of nitrogens with zero attached hydrogens (tertiary/aromatic N) is 1. The molecule has 0 unspecified atom stereocenters. The number of unbranched alkanes of at least 4 members (excludes halogenated alkanes) is 1. The van der Waals surface area contributed by atoms with Crippen LogP contribution in [0.2, 0.25) is 0 Å². The molecule has 0 aliphatic heterocycles. The van der Waals surface area contributed by atoms with Crippen molar-refractivity contribution in [3.63, 3.8) is 0 Å². The summed E-state index contributed by atoms with van der Waals surface area (Å²) < 4.78 is 0. The van der Waals surface area contributed by atoms with Gasteiger partial charge in [-0.25, -0.2) is 0 Å². The average molecular weight is 340 g/mol. The number of anilines is 2. The lowest BCUT2D eigenvalue weighted by atomic mass is 10.1. The lowest BCUT2D eigenvalue weighted by Gasteiger charge is -2.23. The first-order valence-electron chi connectivity index (χ1n) is 8.23. The van der Waals surface area contributed by atoms with Gasteiger partial charge < -0.3 is 22.1 Å². The monoisotopic (exact) mass is 340 g/mol. The van der Waals surface area contributed by atoms with Gasteiger partial charge in [-0.3, -0.25) is 9.59 Å². The maximum atomic E-state index is 11.4. The first-order chi connectivity index (χ1) is 12.0. The lowest BCUT2D eigenvalue weighted by Crippen LogP contribution is -2.34. The van der Waals surface area contributed by atoms with E-state index in [1.54, 1.807) is 18.2 Å². The van der Waals surface area contributed by atoms with Gasteiger partial charge in [-0.2, -0.15) is 0 Å². The van der Waals surface area contributed by atoms with Gasteiger partial charge in [0.15, 0.2) is 0 Å². The average Bonchev–Trinajstić information content (AvgIpc) is 2.59. The van der Waals surface area contributed by atoms with Crippen molar-refractivity contribution in [3.8, 4) is 0 Å². The van der Waals surface area contributed by atoms with E-state index in [-0.39, 0.29) is 6.54 Å². The number of nitrogen functional groups attached to an aromatic ring is 1. The Hall–Kier alpha value is -3.02. The molecular weight excluding hydrogens is 316 g/mol. The second kappa shape index (κ2) is 8.73. The van der Waals surface area contributed by atoms with Crippen LogP contribution in [0.5, 0.6) is 0 Å². The van der Waals surface area contributed by atoms with E-state index >= 15 is 0 Å². The predicted octanol–water partition coefficient (Wildman–Crippen LogP) is 1.68. The van der Waals surface area contributed by atoms with Gasteiger partial charge in [0.25, 0.3) is 0 Å². The fraction of sp³-hybridized carbons (Fsp3) is 0.263. The van der Waals surface area contributed by atoms with Crippen LogP contribution >= 0.6 is 0 Å². The normalized spacial score (nSPS) is 10.4. The fourth-order valence-electron chi connectivity index (χ4n) is 2.66. The molecule has 0 aliphatic rings. The van der Waals surface area contributed by atoms with Crippen LogP contribution in [0.3, 0.4) is 0 Å². The zero-order valence-electron chi connectivity index (χ0n) is 14.2. The molecule has 6 heteroatoms. The molecule has 0 heterocycles. The molecule has 2 aromatic rings. The topological polar surface area (TPSA) is 115 Å². The van der Waals surface area contributed by atoms with Crippen LogP contribution < -0.4 is 22.1 Å². The molecule has 0 aromatic heterocycles. The summed E-state index contributed by atoms with van der Waals surface area (Å²) in [6, 6.07) is 14.8. The number of nitrogens with two attached hydrogens (primary N) is 3. The van der Waals surface area contributed by atoms with E-state index in [0.717, 1.165) is 30.6 Å². The Bertz CT molecular complexity index is 728. The number of primary amides is 2. The van der Waals surface area contributed by atoms with Crippen molar-refractivity contribution in [2.75, 3.05) is 23.7 Å². The van der Waals surface area contributed by atoms with Gasteiger partial charge in [0.05, 0.1) is 6.54 Å². The molecule has 0 saturated heterocycles. The molecule has 0 fully saturated rings. The molecule has 0 saturated carbocycles. The summed E-state index contributed by atoms with van der Waals surface area (Å²) in [6.45, 7) is 0.768. The molecule has 6 N–H and O–H groups in total. The van der Waals surface area contributed by atoms with Crippen LogP contribution in [0.25, 0.3) is 0 Å². The Morgan fingerprint density at radius 3 is 2.32 bits per heavy atom. The summed E-state index contributed by atoms with van der Waals surface area (Å²) in [4.78, 5) is 24.6. The highest BCUT2D eigenvalue weighted by molar-refractivity contribution is 5.94. The lowest BCUT2D eigenvalue weighted by molar-refractivity contribution is -0.116. The van der Waals surface area contributed by atoms with Crippen molar-refractivity contribution >= 4 is 23.2 Å². The third-order valence-corrected chi connectivity index (χ3v) is 3.97. The van der Waals surface area contributed by atoms with Gasteiger partial charge in [-0.1, -0.05) is 18.2 Å². The second-order valence-electron chi connectivity index (χ2n) is 6.00. The summed E-state index contributed by atoms with van der Waals surface area (Å²) in [5, 5.41) is 0. The van der Waals surface area contributed by atoms with E-state index in [0.29, 0.717) is 12.1 Å². The Labute approximate surface area is 147 Å². The van der Waals surface area contributed by atoms with Crippen LogP contribution in [0.1, 0.15) is 28.8 Å². The Morgan fingerprint density at radius 2 is 1.68 bits per heavy atom. The highest BCUT2D eigenvalue weighted by atomic mass is 16.1. The maximum absolute atomic E-state index is 11.4. The van der Waals surface area contributed by atoms with E-state index in [4.69, 9.17) is 17.2 Å². The van der Waals surface area contributed by atoms with Crippen LogP contribution in [0.15, 0.2) is 48.5 Å². The molecule has 132 valence electrons. The zero-order valence-corrected chi connectivity index (χ0v) is 14.2. The van der Waals surface area contributed by atoms with E-state index < -0.39 is 11.8 Å². The predicted molar refractivity (Wildman–Crippen MR) is 100 cm³/mol. The number of carbonyl (C=O) groups excluding carboxylic acids is 2. The molecule has 0 radical (unpaired) electrons. The molecule has 6 nitrogen and oxygen atoms in total. The van der Waals surface area contributed by atoms with E-state index in [1.807, 2.05) is 35.2 Å². The molecule has 2 rings (SSSR count). The number of aryl methyl sites for hydroxylation is 1. The third kappa shape index (κ3) is 5.84. The van der Waals surface area contributed by atoms with Crippen molar-refractivity contribution in [3.05, 3.63) is 59.7 Å². The van der Waals surface area contributed by atoms with Crippen LogP contribution in [-0.4, -0.2) is 24.9 Å². The summed E-state index contributed by atoms with van der Waals surface area (Å²) >= 11 is 0. The van der Waals surface area contributed by atoms with Crippen LogP contribution in [0, 0.1) is 0 Å². The SMILES string of the molecule is NC(=O)CN(CCCCc1ccc(N)cc1)c1cccc(C(N)=O)c1. The minimum atomic E-state index is -0.496. The van der Waals surface area contributed by atoms with Crippen molar-refractivity contribution in [1.29, 1.82) is 0 Å². The maximum Gasteiger partial charge on any atom is 0.248 e. The Morgan fingerprint density at radius 1 is 0.960 bits per heavy atom. The first-order valence-corrected chi connectivity index (χ1v) is 8.23. The van der Waals surface area contributed by atoms with E-state index in [9.17, 15) is 9.59 Å². The van der Waals surface area contributed by atoms with E-state index in [2.05, 4.69) is 0 Å². The van der Waals surface area contributed by atoms with Gasteiger partial charge in [0.2, 0.25) is 11.8 Å². The van der Waals surface area contributed by atoms with Gasteiger partial charge in [0, 0.05) is 23.5 Å². The Balaban J connectivity index is 1.95. The highest BCUT2D eigenvalue weighted by Gasteiger charge is 2.11. The van der Waals surface area contributed by atoms with E-state index in [1.165, 1.54) is 5.56 Å². The molecule has 2 amide bonds. The number of carbonyl (C=O) groups is 2. The second-order valence-corrected chi connectivity index (χ2v) is 6.00. The minimum absolute atomic E-state index is 0.101. The summed E-state index contributed by atoms with van der Waals surface area (Å²) in [7, 11) is 0. The number of hydrogen-bond donors (Lipinski definition) is 3. The van der Waals surface area contributed by atoms with Crippen molar-refractivity contribution in [2.24, 2.45) is 11.5 Å². The van der Waals surface area contributed by atoms with Gasteiger partial charge in [0.1, 0.15) is 0 Å². The van der Waals surface area contributed by atoms with Gasteiger partial charge >= 0.3 is 0 Å². The zero-order chi connectivity index (χ0) is 18.2. The summed E-state index contributed by atoms with van der Waals surface area (Å²) in [5.74, 6) is -0.910. The molecule has 2 aromatic carbocycles. The summed E-state index contributed by atoms with van der Waals surface area (Å²) in [6.07, 6.45) is 2.79. The highest BCUT2D eigenvalue weighted by Crippen LogP contribution is 2.17. The van der Waals surface area contributed by atoms with Gasteiger partial charge in [-0.15, -0.1) is 0 Å². The number of hydrogen-bond acceptors (Lipinski definition) is 4. The standard InChI is InChI=1S/C19H24N4O2/c20-16-9-7-14(8-10-16)4-1-2-11-23(13-18(21)24)17-6-3-5-15(12-17)19(22)25/h3,5-10,12H,1-2,4,11,13,20H2,(H2,21,24)(H2,22,25). The largest absolute Gasteiger partial charge is 0.399 e. The van der Waals surface area contributed by atoms with Crippen LogP contribution in [0.4, 0.5) is 11.4 Å². The van der Waals surface area contributed by atoms with Crippen molar-refractivity contribution in [2.45, 2.75) is 19.3 Å². The molecule has 0 spiro atoms.